The predicted molar refractivity (Wildman–Crippen MR) is 73.6 cm³/mol. The largest absolute Gasteiger partial charge is 0.508 e. The van der Waals surface area contributed by atoms with E-state index in [0.29, 0.717) is 13.1 Å². The van der Waals surface area contributed by atoms with Crippen LogP contribution in [0.5, 0.6) is 5.75 Å². The molecular weight excluding hydrogens is 298 g/mol. The van der Waals surface area contributed by atoms with Gasteiger partial charge in [-0.15, -0.1) is 0 Å². The van der Waals surface area contributed by atoms with E-state index in [1.807, 2.05) is 17.9 Å². The summed E-state index contributed by atoms with van der Waals surface area (Å²) in [5, 5.41) is 18.7. The Morgan fingerprint density at radius 3 is 2.72 bits per heavy atom. The van der Waals surface area contributed by atoms with Crippen molar-refractivity contribution in [3.63, 3.8) is 0 Å². The lowest BCUT2D eigenvalue weighted by Crippen LogP contribution is -2.31. The third-order valence-corrected chi connectivity index (χ3v) is 3.33. The third-order valence-electron chi connectivity index (χ3n) is 2.84. The standard InChI is InChI=1S/C13H18BrNO3/c1-3-15(7-9(2)13(17)18)8-10-6-11(14)4-5-12(10)16/h4-6,9,16H,3,7-8H2,1-2H3,(H,17,18). The number of carbonyl (C=O) groups is 1. The minimum absolute atomic E-state index is 0.236. The van der Waals surface area contributed by atoms with Gasteiger partial charge < -0.3 is 10.2 Å². The average molecular weight is 316 g/mol. The summed E-state index contributed by atoms with van der Waals surface area (Å²) in [6.07, 6.45) is 0. The highest BCUT2D eigenvalue weighted by molar-refractivity contribution is 9.10. The summed E-state index contributed by atoms with van der Waals surface area (Å²) in [5.74, 6) is -0.981. The number of phenolic OH excluding ortho intramolecular Hbond substituents is 1. The van der Waals surface area contributed by atoms with Gasteiger partial charge in [0.05, 0.1) is 5.92 Å². The second-order valence-corrected chi connectivity index (χ2v) is 5.26. The number of rotatable bonds is 6. The van der Waals surface area contributed by atoms with Crippen molar-refractivity contribution in [2.45, 2.75) is 20.4 Å². The monoisotopic (exact) mass is 315 g/mol. The zero-order chi connectivity index (χ0) is 13.7. The Morgan fingerprint density at radius 2 is 2.17 bits per heavy atom. The quantitative estimate of drug-likeness (QED) is 0.847. The van der Waals surface area contributed by atoms with Gasteiger partial charge in [0.1, 0.15) is 5.75 Å². The molecule has 0 spiro atoms. The van der Waals surface area contributed by atoms with Gasteiger partial charge >= 0.3 is 5.97 Å². The maximum Gasteiger partial charge on any atom is 0.307 e. The fraction of sp³-hybridized carbons (Fsp3) is 0.462. The smallest absolute Gasteiger partial charge is 0.307 e. The van der Waals surface area contributed by atoms with Crippen molar-refractivity contribution in [3.05, 3.63) is 28.2 Å². The van der Waals surface area contributed by atoms with Crippen molar-refractivity contribution in [2.75, 3.05) is 13.1 Å². The first-order valence-electron chi connectivity index (χ1n) is 5.86. The predicted octanol–water partition coefficient (Wildman–Crippen LogP) is 2.70. The molecule has 100 valence electrons. The number of aliphatic carboxylic acids is 1. The fourth-order valence-corrected chi connectivity index (χ4v) is 2.10. The summed E-state index contributed by atoms with van der Waals surface area (Å²) in [6.45, 7) is 5.41. The van der Waals surface area contributed by atoms with Crippen LogP contribution in [0.2, 0.25) is 0 Å². The van der Waals surface area contributed by atoms with Crippen LogP contribution in [0.15, 0.2) is 22.7 Å². The second-order valence-electron chi connectivity index (χ2n) is 4.34. The van der Waals surface area contributed by atoms with E-state index in [1.165, 1.54) is 0 Å². The Bertz CT molecular complexity index is 423. The van der Waals surface area contributed by atoms with E-state index >= 15 is 0 Å². The second kappa shape index (κ2) is 6.75. The van der Waals surface area contributed by atoms with Gasteiger partial charge in [-0.25, -0.2) is 0 Å². The van der Waals surface area contributed by atoms with Gasteiger partial charge in [-0.05, 0) is 24.7 Å². The number of nitrogens with zero attached hydrogens (tertiary/aromatic N) is 1. The number of halogens is 1. The lowest BCUT2D eigenvalue weighted by Gasteiger charge is -2.23. The maximum absolute atomic E-state index is 10.8. The van der Waals surface area contributed by atoms with Crippen LogP contribution in [-0.2, 0) is 11.3 Å². The van der Waals surface area contributed by atoms with Gasteiger partial charge in [0, 0.05) is 23.1 Å². The van der Waals surface area contributed by atoms with E-state index in [2.05, 4.69) is 15.9 Å². The third kappa shape index (κ3) is 4.31. The molecule has 1 rings (SSSR count). The first kappa shape index (κ1) is 15.0. The number of benzene rings is 1. The molecule has 0 aliphatic rings. The number of carboxylic acid groups (broad SMARTS) is 1. The molecule has 1 atom stereocenters. The lowest BCUT2D eigenvalue weighted by atomic mass is 10.1. The van der Waals surface area contributed by atoms with Crippen molar-refractivity contribution in [2.24, 2.45) is 5.92 Å². The minimum atomic E-state index is -0.799. The van der Waals surface area contributed by atoms with Crippen LogP contribution in [0, 0.1) is 5.92 Å². The molecule has 2 N–H and O–H groups in total. The van der Waals surface area contributed by atoms with Crippen molar-refractivity contribution >= 4 is 21.9 Å². The Labute approximate surface area is 115 Å². The van der Waals surface area contributed by atoms with Crippen LogP contribution in [0.3, 0.4) is 0 Å². The topological polar surface area (TPSA) is 60.8 Å². The van der Waals surface area contributed by atoms with E-state index in [1.54, 1.807) is 19.1 Å². The van der Waals surface area contributed by atoms with Crippen LogP contribution >= 0.6 is 15.9 Å². The summed E-state index contributed by atoms with van der Waals surface area (Å²) in [5.41, 5.74) is 0.795. The highest BCUT2D eigenvalue weighted by Crippen LogP contribution is 2.23. The molecule has 0 amide bonds. The first-order chi connectivity index (χ1) is 8.43. The number of hydrogen-bond donors (Lipinski definition) is 2. The minimum Gasteiger partial charge on any atom is -0.508 e. The summed E-state index contributed by atoms with van der Waals surface area (Å²) < 4.78 is 0.901. The molecule has 1 aromatic rings. The van der Waals surface area contributed by atoms with E-state index in [-0.39, 0.29) is 5.75 Å². The van der Waals surface area contributed by atoms with E-state index in [9.17, 15) is 9.90 Å². The molecule has 1 aromatic carbocycles. The molecule has 0 heterocycles. The SMILES string of the molecule is CCN(Cc1cc(Br)ccc1O)CC(C)C(=O)O. The zero-order valence-corrected chi connectivity index (χ0v) is 12.1. The van der Waals surface area contributed by atoms with Crippen LogP contribution in [0.1, 0.15) is 19.4 Å². The average Bonchev–Trinajstić information content (AvgIpc) is 2.32. The molecule has 0 aliphatic carbocycles. The Balaban J connectivity index is 2.73. The molecule has 0 aliphatic heterocycles. The summed E-state index contributed by atoms with van der Waals surface area (Å²) >= 11 is 3.36. The normalized spacial score (nSPS) is 12.7. The molecule has 18 heavy (non-hydrogen) atoms. The maximum atomic E-state index is 10.8. The number of carboxylic acids is 1. The molecule has 1 unspecified atom stereocenters. The van der Waals surface area contributed by atoms with Crippen LogP contribution in [0.4, 0.5) is 0 Å². The van der Waals surface area contributed by atoms with Gasteiger partial charge in [0.15, 0.2) is 0 Å². The van der Waals surface area contributed by atoms with Crippen LogP contribution in [-0.4, -0.2) is 34.2 Å². The molecule has 0 saturated carbocycles. The lowest BCUT2D eigenvalue weighted by molar-refractivity contribution is -0.141. The molecule has 0 saturated heterocycles. The number of phenols is 1. The molecule has 4 nitrogen and oxygen atoms in total. The van der Waals surface area contributed by atoms with Crippen molar-refractivity contribution in [3.8, 4) is 5.75 Å². The number of hydrogen-bond acceptors (Lipinski definition) is 3. The van der Waals surface area contributed by atoms with E-state index < -0.39 is 11.9 Å². The van der Waals surface area contributed by atoms with Crippen LogP contribution < -0.4 is 0 Å². The molecule has 0 fully saturated rings. The first-order valence-corrected chi connectivity index (χ1v) is 6.65. The molecule has 5 heteroatoms. The Hall–Kier alpha value is -1.07. The van der Waals surface area contributed by atoms with Gasteiger partial charge in [-0.2, -0.15) is 0 Å². The zero-order valence-electron chi connectivity index (χ0n) is 10.6. The molecule has 0 radical (unpaired) electrons. The fourth-order valence-electron chi connectivity index (χ4n) is 1.69. The van der Waals surface area contributed by atoms with E-state index in [4.69, 9.17) is 5.11 Å². The summed E-state index contributed by atoms with van der Waals surface area (Å²) in [7, 11) is 0. The van der Waals surface area contributed by atoms with Crippen molar-refractivity contribution in [1.82, 2.24) is 4.90 Å². The summed E-state index contributed by atoms with van der Waals surface area (Å²) in [4.78, 5) is 12.8. The highest BCUT2D eigenvalue weighted by Gasteiger charge is 2.16. The van der Waals surface area contributed by atoms with Gasteiger partial charge in [-0.1, -0.05) is 29.8 Å². The van der Waals surface area contributed by atoms with Gasteiger partial charge in [0.25, 0.3) is 0 Å². The number of aromatic hydroxyl groups is 1. The van der Waals surface area contributed by atoms with Gasteiger partial charge in [-0.3, -0.25) is 9.69 Å². The van der Waals surface area contributed by atoms with Crippen molar-refractivity contribution in [1.29, 1.82) is 0 Å². The van der Waals surface area contributed by atoms with Crippen molar-refractivity contribution < 1.29 is 15.0 Å². The van der Waals surface area contributed by atoms with Crippen LogP contribution in [0.25, 0.3) is 0 Å². The summed E-state index contributed by atoms with van der Waals surface area (Å²) in [6, 6.07) is 5.26. The Morgan fingerprint density at radius 1 is 1.50 bits per heavy atom. The highest BCUT2D eigenvalue weighted by atomic mass is 79.9. The molecule has 0 bridgehead atoms. The molecule has 0 aromatic heterocycles. The Kier molecular flexibility index (Phi) is 5.62. The van der Waals surface area contributed by atoms with E-state index in [0.717, 1.165) is 16.6 Å². The molecular formula is C13H18BrNO3. The van der Waals surface area contributed by atoms with Gasteiger partial charge in [0.2, 0.25) is 0 Å².